The van der Waals surface area contributed by atoms with Gasteiger partial charge in [-0.05, 0) is 30.7 Å². The highest BCUT2D eigenvalue weighted by Gasteiger charge is 2.06. The van der Waals surface area contributed by atoms with Crippen molar-refractivity contribution in [3.8, 4) is 10.6 Å². The molecule has 2 nitrogen and oxygen atoms in total. The lowest BCUT2D eigenvalue weighted by atomic mass is 10.1. The van der Waals surface area contributed by atoms with Gasteiger partial charge in [-0.2, -0.15) is 0 Å². The standard InChI is InChI=1S/C12H12FNOS/c1-8-6-9(2-3-11(8)13)12-14-10(4-5-15)7-16-12/h2-3,6-7,15H,4-5H2,1H3. The lowest BCUT2D eigenvalue weighted by molar-refractivity contribution is 0.298. The molecule has 0 atom stereocenters. The first-order valence-corrected chi connectivity index (χ1v) is 5.90. The van der Waals surface area contributed by atoms with Gasteiger partial charge in [-0.15, -0.1) is 11.3 Å². The normalized spacial score (nSPS) is 10.7. The minimum atomic E-state index is -0.198. The molecule has 0 radical (unpaired) electrons. The van der Waals surface area contributed by atoms with Crippen LogP contribution in [0.25, 0.3) is 10.6 Å². The highest BCUT2D eigenvalue weighted by atomic mass is 32.1. The van der Waals surface area contributed by atoms with Crippen molar-refractivity contribution < 1.29 is 9.50 Å². The molecule has 4 heteroatoms. The molecule has 0 unspecified atom stereocenters. The molecule has 0 saturated carbocycles. The van der Waals surface area contributed by atoms with Crippen LogP contribution in [-0.4, -0.2) is 16.7 Å². The second-order valence-electron chi connectivity index (χ2n) is 3.58. The van der Waals surface area contributed by atoms with Crippen molar-refractivity contribution in [2.75, 3.05) is 6.61 Å². The first kappa shape index (κ1) is 11.2. The third-order valence-corrected chi connectivity index (χ3v) is 3.26. The molecule has 16 heavy (non-hydrogen) atoms. The Hall–Kier alpha value is -1.26. The molecule has 2 aromatic rings. The van der Waals surface area contributed by atoms with E-state index in [0.717, 1.165) is 16.3 Å². The highest BCUT2D eigenvalue weighted by Crippen LogP contribution is 2.25. The number of rotatable bonds is 3. The van der Waals surface area contributed by atoms with Crippen LogP contribution in [0, 0.1) is 12.7 Å². The summed E-state index contributed by atoms with van der Waals surface area (Å²) in [6, 6.07) is 4.97. The molecule has 1 aromatic heterocycles. The molecule has 0 aliphatic carbocycles. The number of hydrogen-bond donors (Lipinski definition) is 1. The average molecular weight is 237 g/mol. The number of nitrogens with zero attached hydrogens (tertiary/aromatic N) is 1. The topological polar surface area (TPSA) is 33.1 Å². The van der Waals surface area contributed by atoms with Gasteiger partial charge < -0.3 is 5.11 Å². The van der Waals surface area contributed by atoms with Gasteiger partial charge in [0, 0.05) is 24.0 Å². The summed E-state index contributed by atoms with van der Waals surface area (Å²) < 4.78 is 13.1. The third kappa shape index (κ3) is 2.28. The second kappa shape index (κ2) is 4.72. The van der Waals surface area contributed by atoms with Crippen molar-refractivity contribution in [3.05, 3.63) is 40.7 Å². The van der Waals surface area contributed by atoms with Crippen LogP contribution in [0.15, 0.2) is 23.6 Å². The Bertz CT molecular complexity index is 496. The zero-order chi connectivity index (χ0) is 11.5. The van der Waals surface area contributed by atoms with E-state index in [1.165, 1.54) is 17.4 Å². The molecule has 2 rings (SSSR count). The first-order valence-electron chi connectivity index (χ1n) is 5.02. The van der Waals surface area contributed by atoms with Crippen LogP contribution < -0.4 is 0 Å². The van der Waals surface area contributed by atoms with E-state index in [2.05, 4.69) is 4.98 Å². The molecular weight excluding hydrogens is 225 g/mol. The third-order valence-electron chi connectivity index (χ3n) is 2.32. The number of thiazole rings is 1. The van der Waals surface area contributed by atoms with Gasteiger partial charge in [-0.1, -0.05) is 0 Å². The Morgan fingerprint density at radius 1 is 1.44 bits per heavy atom. The highest BCUT2D eigenvalue weighted by molar-refractivity contribution is 7.13. The van der Waals surface area contributed by atoms with Crippen LogP contribution in [0.3, 0.4) is 0 Å². The van der Waals surface area contributed by atoms with Crippen LogP contribution >= 0.6 is 11.3 Å². The average Bonchev–Trinajstić information content (AvgIpc) is 2.71. The van der Waals surface area contributed by atoms with Gasteiger partial charge in [0.05, 0.1) is 5.69 Å². The van der Waals surface area contributed by atoms with Gasteiger partial charge in [0.15, 0.2) is 0 Å². The zero-order valence-corrected chi connectivity index (χ0v) is 9.72. The van der Waals surface area contributed by atoms with Crippen molar-refractivity contribution in [2.45, 2.75) is 13.3 Å². The Kier molecular flexibility index (Phi) is 3.31. The zero-order valence-electron chi connectivity index (χ0n) is 8.90. The fourth-order valence-corrected chi connectivity index (χ4v) is 2.30. The van der Waals surface area contributed by atoms with Gasteiger partial charge in [-0.25, -0.2) is 9.37 Å². The van der Waals surface area contributed by atoms with Crippen LogP contribution in [0.2, 0.25) is 0 Å². The maximum Gasteiger partial charge on any atom is 0.126 e. The van der Waals surface area contributed by atoms with E-state index < -0.39 is 0 Å². The van der Waals surface area contributed by atoms with Gasteiger partial charge >= 0.3 is 0 Å². The summed E-state index contributed by atoms with van der Waals surface area (Å²) in [5.41, 5.74) is 2.42. The van der Waals surface area contributed by atoms with Gasteiger partial charge in [-0.3, -0.25) is 0 Å². The molecule has 0 fully saturated rings. The van der Waals surface area contributed by atoms with Crippen molar-refractivity contribution in [3.63, 3.8) is 0 Å². The predicted molar refractivity (Wildman–Crippen MR) is 63.0 cm³/mol. The van der Waals surface area contributed by atoms with Crippen molar-refractivity contribution in [1.29, 1.82) is 0 Å². The van der Waals surface area contributed by atoms with Crippen molar-refractivity contribution >= 4 is 11.3 Å². The quantitative estimate of drug-likeness (QED) is 0.890. The number of hydrogen-bond acceptors (Lipinski definition) is 3. The van der Waals surface area contributed by atoms with E-state index in [1.54, 1.807) is 19.1 Å². The Balaban J connectivity index is 2.31. The van der Waals surface area contributed by atoms with E-state index >= 15 is 0 Å². The number of aliphatic hydroxyl groups is 1. The SMILES string of the molecule is Cc1cc(-c2nc(CCO)cs2)ccc1F. The van der Waals surface area contributed by atoms with Gasteiger partial charge in [0.1, 0.15) is 10.8 Å². The summed E-state index contributed by atoms with van der Waals surface area (Å²) in [4.78, 5) is 4.38. The fourth-order valence-electron chi connectivity index (χ4n) is 1.45. The maximum atomic E-state index is 13.1. The van der Waals surface area contributed by atoms with E-state index in [4.69, 9.17) is 5.11 Å². The van der Waals surface area contributed by atoms with Crippen LogP contribution in [0.5, 0.6) is 0 Å². The summed E-state index contributed by atoms with van der Waals surface area (Å²) in [7, 11) is 0. The Labute approximate surface area is 97.4 Å². The van der Waals surface area contributed by atoms with E-state index in [-0.39, 0.29) is 12.4 Å². The molecule has 0 amide bonds. The molecule has 0 saturated heterocycles. The Morgan fingerprint density at radius 2 is 2.25 bits per heavy atom. The summed E-state index contributed by atoms with van der Waals surface area (Å²) in [5.74, 6) is -0.198. The summed E-state index contributed by atoms with van der Waals surface area (Å²) in [6.45, 7) is 1.84. The maximum absolute atomic E-state index is 13.1. The number of benzene rings is 1. The second-order valence-corrected chi connectivity index (χ2v) is 4.44. The van der Waals surface area contributed by atoms with Crippen molar-refractivity contribution in [2.24, 2.45) is 0 Å². The summed E-state index contributed by atoms with van der Waals surface area (Å²) >= 11 is 1.51. The fraction of sp³-hybridized carbons (Fsp3) is 0.250. The minimum absolute atomic E-state index is 0.103. The van der Waals surface area contributed by atoms with Gasteiger partial charge in [0.25, 0.3) is 0 Å². The number of aliphatic hydroxyl groups excluding tert-OH is 1. The molecule has 0 aliphatic heterocycles. The van der Waals surface area contributed by atoms with E-state index in [1.807, 2.05) is 5.38 Å². The number of halogens is 1. The summed E-state index contributed by atoms with van der Waals surface area (Å²) in [5, 5.41) is 11.6. The smallest absolute Gasteiger partial charge is 0.126 e. The Morgan fingerprint density at radius 3 is 2.94 bits per heavy atom. The lowest BCUT2D eigenvalue weighted by Crippen LogP contribution is -1.90. The largest absolute Gasteiger partial charge is 0.396 e. The van der Waals surface area contributed by atoms with Gasteiger partial charge in [0.2, 0.25) is 0 Å². The molecule has 0 aliphatic rings. The minimum Gasteiger partial charge on any atom is -0.396 e. The number of aryl methyl sites for hydroxylation is 1. The van der Waals surface area contributed by atoms with Crippen LogP contribution in [0.4, 0.5) is 4.39 Å². The van der Waals surface area contributed by atoms with Crippen LogP contribution in [-0.2, 0) is 6.42 Å². The molecule has 0 bridgehead atoms. The molecule has 1 N–H and O–H groups in total. The molecule has 84 valence electrons. The first-order chi connectivity index (χ1) is 7.70. The summed E-state index contributed by atoms with van der Waals surface area (Å²) in [6.07, 6.45) is 0.566. The van der Waals surface area contributed by atoms with Crippen LogP contribution in [0.1, 0.15) is 11.3 Å². The van der Waals surface area contributed by atoms with E-state index in [9.17, 15) is 4.39 Å². The monoisotopic (exact) mass is 237 g/mol. The number of aromatic nitrogens is 1. The molecule has 1 heterocycles. The molecular formula is C12H12FNOS. The predicted octanol–water partition coefficient (Wildman–Crippen LogP) is 2.79. The van der Waals surface area contributed by atoms with Crippen molar-refractivity contribution in [1.82, 2.24) is 4.98 Å². The lowest BCUT2D eigenvalue weighted by Gasteiger charge is -1.99. The van der Waals surface area contributed by atoms with E-state index in [0.29, 0.717) is 12.0 Å². The molecule has 1 aromatic carbocycles. The molecule has 0 spiro atoms.